The third-order valence-electron chi connectivity index (χ3n) is 1.61. The largest absolute Gasteiger partial charge is 0.481 e. The van der Waals surface area contributed by atoms with Crippen LogP contribution in [0.25, 0.3) is 0 Å². The first-order valence-electron chi connectivity index (χ1n) is 3.76. The molecule has 82 valence electrons. The van der Waals surface area contributed by atoms with Crippen molar-refractivity contribution in [2.45, 2.75) is 12.8 Å². The average Bonchev–Trinajstić information content (AvgIpc) is 2.08. The van der Waals surface area contributed by atoms with Gasteiger partial charge in [-0.25, -0.2) is 13.8 Å². The van der Waals surface area contributed by atoms with E-state index >= 15 is 0 Å². The Morgan fingerprint density at radius 2 is 2.27 bits per heavy atom. The molecule has 0 aliphatic heterocycles. The molecule has 0 saturated carbocycles. The van der Waals surface area contributed by atoms with Gasteiger partial charge in [0, 0.05) is 9.13 Å². The third-order valence-corrected chi connectivity index (χ3v) is 2.76. The fraction of sp³-hybridized carbons (Fsp3) is 0.250. The number of hydrogen-bond donors (Lipinski definition) is 1. The van der Waals surface area contributed by atoms with E-state index in [0.29, 0.717) is 3.57 Å². The first-order valence-corrected chi connectivity index (χ1v) is 5.22. The Hall–Kier alpha value is -0.500. The normalized spacial score (nSPS) is 10.7. The van der Waals surface area contributed by atoms with Crippen LogP contribution < -0.4 is 0 Å². The lowest BCUT2D eigenvalue weighted by Gasteiger charge is -2.08. The molecule has 0 radical (unpaired) electrons. The Kier molecular flexibility index (Phi) is 4.21. The Morgan fingerprint density at radius 1 is 1.67 bits per heavy atom. The summed E-state index contributed by atoms with van der Waals surface area (Å²) in [4.78, 5) is 13.9. The average molecular weight is 347 g/mol. The second kappa shape index (κ2) is 5.02. The molecular formula is C8H5ClF2INO2. The molecule has 0 aliphatic rings. The maximum atomic E-state index is 12.5. The molecule has 0 bridgehead atoms. The van der Waals surface area contributed by atoms with Crippen molar-refractivity contribution >= 4 is 40.2 Å². The number of alkyl halides is 2. The van der Waals surface area contributed by atoms with Crippen LogP contribution >= 0.6 is 34.2 Å². The summed E-state index contributed by atoms with van der Waals surface area (Å²) in [6, 6.07) is 1.35. The highest BCUT2D eigenvalue weighted by Crippen LogP contribution is 2.27. The van der Waals surface area contributed by atoms with Gasteiger partial charge in [-0.2, -0.15) is 0 Å². The van der Waals surface area contributed by atoms with Crippen LogP contribution in [0.4, 0.5) is 8.78 Å². The van der Waals surface area contributed by atoms with E-state index in [1.54, 1.807) is 22.6 Å². The number of pyridine rings is 1. The number of aromatic nitrogens is 1. The molecule has 3 nitrogen and oxygen atoms in total. The van der Waals surface area contributed by atoms with Gasteiger partial charge >= 0.3 is 5.97 Å². The van der Waals surface area contributed by atoms with E-state index in [2.05, 4.69) is 4.98 Å². The first-order chi connectivity index (χ1) is 6.91. The zero-order valence-electron chi connectivity index (χ0n) is 7.18. The smallest absolute Gasteiger partial charge is 0.307 e. The van der Waals surface area contributed by atoms with Crippen molar-refractivity contribution in [3.05, 3.63) is 26.0 Å². The lowest BCUT2D eigenvalue weighted by Crippen LogP contribution is -2.08. The molecule has 0 fully saturated rings. The van der Waals surface area contributed by atoms with Crippen molar-refractivity contribution in [3.63, 3.8) is 0 Å². The monoisotopic (exact) mass is 347 g/mol. The van der Waals surface area contributed by atoms with Crippen LogP contribution in [0, 0.1) is 3.57 Å². The van der Waals surface area contributed by atoms with E-state index in [-0.39, 0.29) is 10.7 Å². The molecule has 0 unspecified atom stereocenters. The van der Waals surface area contributed by atoms with Crippen molar-refractivity contribution in [1.29, 1.82) is 0 Å². The van der Waals surface area contributed by atoms with Gasteiger partial charge < -0.3 is 5.11 Å². The maximum absolute atomic E-state index is 12.5. The molecule has 7 heteroatoms. The summed E-state index contributed by atoms with van der Waals surface area (Å²) in [7, 11) is 0. The van der Waals surface area contributed by atoms with E-state index in [4.69, 9.17) is 16.7 Å². The third kappa shape index (κ3) is 3.23. The minimum absolute atomic E-state index is 0.0162. The Morgan fingerprint density at radius 3 is 2.73 bits per heavy atom. The Bertz CT molecular complexity index is 400. The summed E-state index contributed by atoms with van der Waals surface area (Å²) >= 11 is 7.26. The second-order valence-electron chi connectivity index (χ2n) is 2.66. The van der Waals surface area contributed by atoms with Gasteiger partial charge in [-0.3, -0.25) is 4.79 Å². The van der Waals surface area contributed by atoms with Gasteiger partial charge in [-0.1, -0.05) is 11.6 Å². The number of rotatable bonds is 3. The quantitative estimate of drug-likeness (QED) is 0.676. The highest BCUT2D eigenvalue weighted by molar-refractivity contribution is 14.1. The summed E-state index contributed by atoms with van der Waals surface area (Å²) in [6.45, 7) is 0. The maximum Gasteiger partial charge on any atom is 0.307 e. The van der Waals surface area contributed by atoms with E-state index in [1.807, 2.05) is 0 Å². The molecule has 1 N–H and O–H groups in total. The summed E-state index contributed by atoms with van der Waals surface area (Å²) < 4.78 is 25.4. The fourth-order valence-electron chi connectivity index (χ4n) is 1.04. The molecule has 15 heavy (non-hydrogen) atoms. The van der Waals surface area contributed by atoms with Crippen LogP contribution in [0.2, 0.25) is 5.15 Å². The van der Waals surface area contributed by atoms with Crippen LogP contribution in [0.3, 0.4) is 0 Å². The number of hydrogen-bond acceptors (Lipinski definition) is 2. The Balaban J connectivity index is 3.26. The predicted molar refractivity (Wildman–Crippen MR) is 58.3 cm³/mol. The highest BCUT2D eigenvalue weighted by atomic mass is 127. The van der Waals surface area contributed by atoms with Crippen LogP contribution in [-0.4, -0.2) is 16.1 Å². The van der Waals surface area contributed by atoms with Gasteiger partial charge in [0.2, 0.25) is 0 Å². The fourth-order valence-corrected chi connectivity index (χ4v) is 2.18. The molecular weight excluding hydrogens is 342 g/mol. The van der Waals surface area contributed by atoms with Gasteiger partial charge in [0.25, 0.3) is 6.43 Å². The summed E-state index contributed by atoms with van der Waals surface area (Å²) in [6.07, 6.45) is -3.31. The van der Waals surface area contributed by atoms with Crippen LogP contribution in [0.15, 0.2) is 6.07 Å². The summed E-state index contributed by atoms with van der Waals surface area (Å²) in [5.41, 5.74) is -0.545. The van der Waals surface area contributed by atoms with E-state index in [1.165, 1.54) is 6.07 Å². The van der Waals surface area contributed by atoms with E-state index in [0.717, 1.165) is 0 Å². The molecule has 0 aromatic carbocycles. The topological polar surface area (TPSA) is 50.2 Å². The highest BCUT2D eigenvalue weighted by Gasteiger charge is 2.20. The number of nitrogens with zero attached hydrogens (tertiary/aromatic N) is 1. The zero-order chi connectivity index (χ0) is 11.6. The van der Waals surface area contributed by atoms with Crippen LogP contribution in [0.5, 0.6) is 0 Å². The lowest BCUT2D eigenvalue weighted by molar-refractivity contribution is -0.136. The van der Waals surface area contributed by atoms with Crippen LogP contribution in [0.1, 0.15) is 17.7 Å². The molecule has 1 aromatic heterocycles. The Labute approximate surface area is 103 Å². The van der Waals surface area contributed by atoms with Crippen molar-refractivity contribution in [1.82, 2.24) is 4.98 Å². The summed E-state index contributed by atoms with van der Waals surface area (Å²) in [5, 5.41) is 8.49. The van der Waals surface area contributed by atoms with Gasteiger partial charge in [0.15, 0.2) is 0 Å². The molecule has 0 atom stereocenters. The van der Waals surface area contributed by atoms with Gasteiger partial charge in [-0.15, -0.1) is 0 Å². The van der Waals surface area contributed by atoms with Gasteiger partial charge in [0.05, 0.1) is 6.42 Å². The van der Waals surface area contributed by atoms with Crippen molar-refractivity contribution in [2.24, 2.45) is 0 Å². The number of aliphatic carboxylic acids is 1. The van der Waals surface area contributed by atoms with E-state index < -0.39 is 24.5 Å². The second-order valence-corrected chi connectivity index (χ2v) is 4.21. The number of halogens is 4. The molecule has 1 heterocycles. The molecule has 0 aliphatic carbocycles. The molecule has 0 amide bonds. The zero-order valence-corrected chi connectivity index (χ0v) is 10.1. The number of carbonyl (C=O) groups is 1. The lowest BCUT2D eigenvalue weighted by atomic mass is 10.1. The first kappa shape index (κ1) is 12.6. The number of carboxylic acids is 1. The molecule has 1 rings (SSSR count). The molecule has 0 spiro atoms. The van der Waals surface area contributed by atoms with Crippen molar-refractivity contribution < 1.29 is 18.7 Å². The number of carboxylic acid groups (broad SMARTS) is 1. The van der Waals surface area contributed by atoms with E-state index in [9.17, 15) is 13.6 Å². The minimum Gasteiger partial charge on any atom is -0.481 e. The van der Waals surface area contributed by atoms with Crippen molar-refractivity contribution in [2.75, 3.05) is 0 Å². The SMILES string of the molecule is O=C(O)Cc1c(I)cc(Cl)nc1C(F)F. The molecule has 1 aromatic rings. The summed E-state index contributed by atoms with van der Waals surface area (Å²) in [5.74, 6) is -1.18. The van der Waals surface area contributed by atoms with Gasteiger partial charge in [-0.05, 0) is 28.7 Å². The predicted octanol–water partition coefficient (Wildman–Crippen LogP) is 2.90. The van der Waals surface area contributed by atoms with Gasteiger partial charge in [0.1, 0.15) is 10.8 Å². The standard InChI is InChI=1S/C8H5ClF2INO2/c9-5-2-4(12)3(1-6(14)15)7(13-5)8(10)11/h2,8H,1H2,(H,14,15). The van der Waals surface area contributed by atoms with Crippen molar-refractivity contribution in [3.8, 4) is 0 Å². The van der Waals surface area contributed by atoms with Crippen LogP contribution in [-0.2, 0) is 11.2 Å². The molecule has 0 saturated heterocycles. The minimum atomic E-state index is -2.83.